The highest BCUT2D eigenvalue weighted by molar-refractivity contribution is 7.99. The van der Waals surface area contributed by atoms with Crippen molar-refractivity contribution >= 4 is 44.9 Å². The quantitative estimate of drug-likeness (QED) is 0.243. The summed E-state index contributed by atoms with van der Waals surface area (Å²) in [6, 6.07) is 0. The van der Waals surface area contributed by atoms with Crippen LogP contribution in [0.5, 0.6) is 0 Å². The standard InChI is InChI=1S/C22H25N5O4S2/c1-5-8-27-20(30)15-12-7-6-11(2)9-14(12)33-18(15)24-21(27)32-10-13(28)16-17(23)25(3)22(31)26(4)19(16)29/h5,11H,1,6-10,23H2,2-4H3/t11-/m0/s1. The topological polar surface area (TPSA) is 122 Å². The van der Waals surface area contributed by atoms with Gasteiger partial charge in [-0.15, -0.1) is 17.9 Å². The number of Topliss-reactive ketones (excluding diaryl/α,β-unsaturated/α-hetero) is 1. The first-order valence-electron chi connectivity index (χ1n) is 10.5. The number of allylic oxidation sites excluding steroid dienone is 1. The van der Waals surface area contributed by atoms with Crippen LogP contribution in [0.3, 0.4) is 0 Å². The fourth-order valence-electron chi connectivity index (χ4n) is 4.13. The van der Waals surface area contributed by atoms with Crippen LogP contribution in [0.1, 0.15) is 34.1 Å². The molecule has 3 aromatic heterocycles. The minimum atomic E-state index is -0.742. The number of anilines is 1. The summed E-state index contributed by atoms with van der Waals surface area (Å²) in [7, 11) is 2.70. The summed E-state index contributed by atoms with van der Waals surface area (Å²) in [5, 5.41) is 1.04. The number of carbonyl (C=O) groups excluding carboxylic acids is 1. The average Bonchev–Trinajstić information content (AvgIpc) is 3.14. The summed E-state index contributed by atoms with van der Waals surface area (Å²) < 4.78 is 3.43. The first kappa shape index (κ1) is 23.2. The van der Waals surface area contributed by atoms with Crippen molar-refractivity contribution in [2.75, 3.05) is 11.5 Å². The summed E-state index contributed by atoms with van der Waals surface area (Å²) in [5.74, 6) is -0.301. The zero-order chi connectivity index (χ0) is 24.0. The van der Waals surface area contributed by atoms with Gasteiger partial charge in [-0.1, -0.05) is 24.8 Å². The third-order valence-corrected chi connectivity index (χ3v) is 8.14. The molecule has 0 radical (unpaired) electrons. The van der Waals surface area contributed by atoms with Crippen molar-refractivity contribution in [2.45, 2.75) is 37.9 Å². The second-order valence-corrected chi connectivity index (χ2v) is 10.3. The number of aromatic nitrogens is 4. The fourth-order valence-corrected chi connectivity index (χ4v) is 6.43. The lowest BCUT2D eigenvalue weighted by atomic mass is 9.89. The molecule has 0 spiro atoms. The Hall–Kier alpha value is -2.92. The number of fused-ring (bicyclic) bond motifs is 3. The Kier molecular flexibility index (Phi) is 6.19. The van der Waals surface area contributed by atoms with Crippen molar-refractivity contribution in [3.8, 4) is 0 Å². The number of nitrogen functional groups attached to an aromatic ring is 1. The van der Waals surface area contributed by atoms with E-state index in [1.54, 1.807) is 6.08 Å². The molecule has 0 unspecified atom stereocenters. The van der Waals surface area contributed by atoms with Crippen molar-refractivity contribution in [3.63, 3.8) is 0 Å². The summed E-state index contributed by atoms with van der Waals surface area (Å²) in [4.78, 5) is 57.4. The van der Waals surface area contributed by atoms with Crippen LogP contribution in [-0.4, -0.2) is 30.2 Å². The van der Waals surface area contributed by atoms with Crippen molar-refractivity contribution in [1.82, 2.24) is 18.7 Å². The number of nitrogens with zero attached hydrogens (tertiary/aromatic N) is 4. The number of aryl methyl sites for hydroxylation is 1. The van der Waals surface area contributed by atoms with Crippen LogP contribution in [0, 0.1) is 5.92 Å². The number of ketones is 1. The molecule has 0 saturated carbocycles. The number of hydrogen-bond acceptors (Lipinski definition) is 8. The number of hydrogen-bond donors (Lipinski definition) is 1. The molecule has 2 N–H and O–H groups in total. The molecule has 9 nitrogen and oxygen atoms in total. The molecule has 0 saturated heterocycles. The number of thiophene rings is 1. The van der Waals surface area contributed by atoms with Crippen molar-refractivity contribution in [3.05, 3.63) is 59.9 Å². The van der Waals surface area contributed by atoms with Crippen LogP contribution in [0.4, 0.5) is 5.82 Å². The largest absolute Gasteiger partial charge is 0.384 e. The van der Waals surface area contributed by atoms with E-state index in [4.69, 9.17) is 10.7 Å². The highest BCUT2D eigenvalue weighted by atomic mass is 32.2. The van der Waals surface area contributed by atoms with Crippen molar-refractivity contribution in [2.24, 2.45) is 20.0 Å². The molecule has 174 valence electrons. The molecular formula is C22H25N5O4S2. The molecule has 0 amide bonds. The van der Waals surface area contributed by atoms with Gasteiger partial charge in [0.1, 0.15) is 16.2 Å². The van der Waals surface area contributed by atoms with E-state index in [0.717, 1.165) is 45.7 Å². The van der Waals surface area contributed by atoms with Crippen LogP contribution < -0.4 is 22.5 Å². The molecule has 11 heteroatoms. The van der Waals surface area contributed by atoms with Crippen LogP contribution >= 0.6 is 23.1 Å². The Balaban J connectivity index is 1.74. The van der Waals surface area contributed by atoms with Gasteiger partial charge in [0.2, 0.25) is 0 Å². The van der Waals surface area contributed by atoms with E-state index < -0.39 is 17.0 Å². The maximum atomic E-state index is 13.4. The normalized spacial score (nSPS) is 15.5. The van der Waals surface area contributed by atoms with Gasteiger partial charge in [-0.25, -0.2) is 9.78 Å². The van der Waals surface area contributed by atoms with E-state index >= 15 is 0 Å². The third kappa shape index (κ3) is 3.89. The van der Waals surface area contributed by atoms with E-state index in [1.807, 2.05) is 0 Å². The van der Waals surface area contributed by atoms with Gasteiger partial charge < -0.3 is 5.73 Å². The Labute approximate surface area is 197 Å². The van der Waals surface area contributed by atoms with E-state index in [9.17, 15) is 19.2 Å². The lowest BCUT2D eigenvalue weighted by Crippen LogP contribution is -2.41. The maximum Gasteiger partial charge on any atom is 0.332 e. The van der Waals surface area contributed by atoms with Gasteiger partial charge in [-0.3, -0.25) is 28.1 Å². The molecule has 3 aromatic rings. The van der Waals surface area contributed by atoms with Gasteiger partial charge in [0, 0.05) is 25.5 Å². The predicted octanol–water partition coefficient (Wildman–Crippen LogP) is 1.72. The molecule has 3 heterocycles. The lowest BCUT2D eigenvalue weighted by molar-refractivity contribution is 0.102. The number of thioether (sulfide) groups is 1. The summed E-state index contributed by atoms with van der Waals surface area (Å²) >= 11 is 2.61. The highest BCUT2D eigenvalue weighted by Crippen LogP contribution is 2.36. The number of carbonyl (C=O) groups is 1. The minimum absolute atomic E-state index is 0.139. The molecule has 1 atom stereocenters. The van der Waals surface area contributed by atoms with Gasteiger partial charge in [0.15, 0.2) is 10.9 Å². The molecule has 33 heavy (non-hydrogen) atoms. The zero-order valence-corrected chi connectivity index (χ0v) is 20.3. The van der Waals surface area contributed by atoms with Gasteiger partial charge in [-0.2, -0.15) is 0 Å². The fraction of sp³-hybridized carbons (Fsp3) is 0.409. The summed E-state index contributed by atoms with van der Waals surface area (Å²) in [5.41, 5.74) is 5.27. The summed E-state index contributed by atoms with van der Waals surface area (Å²) in [6.45, 7) is 6.20. The molecule has 4 rings (SSSR count). The monoisotopic (exact) mass is 487 g/mol. The SMILES string of the molecule is C=CCn1c(SCC(=O)c2c(N)n(C)c(=O)n(C)c2=O)nc2sc3c(c2c1=O)CC[C@H](C)C3. The Morgan fingerprint density at radius 3 is 2.70 bits per heavy atom. The molecule has 1 aliphatic carbocycles. The Morgan fingerprint density at radius 1 is 1.27 bits per heavy atom. The van der Waals surface area contributed by atoms with Crippen LogP contribution in [0.25, 0.3) is 10.2 Å². The van der Waals surface area contributed by atoms with E-state index in [1.165, 1.54) is 34.9 Å². The van der Waals surface area contributed by atoms with Gasteiger partial charge >= 0.3 is 5.69 Å². The van der Waals surface area contributed by atoms with E-state index in [-0.39, 0.29) is 29.2 Å². The van der Waals surface area contributed by atoms with Crippen LogP contribution in [0.15, 0.2) is 32.2 Å². The van der Waals surface area contributed by atoms with Crippen LogP contribution in [0.2, 0.25) is 0 Å². The smallest absolute Gasteiger partial charge is 0.332 e. The second-order valence-electron chi connectivity index (χ2n) is 8.31. The van der Waals surface area contributed by atoms with Crippen molar-refractivity contribution in [1.29, 1.82) is 0 Å². The third-order valence-electron chi connectivity index (χ3n) is 6.01. The maximum absolute atomic E-state index is 13.4. The zero-order valence-electron chi connectivity index (χ0n) is 18.7. The van der Waals surface area contributed by atoms with Gasteiger partial charge in [0.25, 0.3) is 11.1 Å². The highest BCUT2D eigenvalue weighted by Gasteiger charge is 2.26. The molecule has 0 fully saturated rings. The molecular weight excluding hydrogens is 462 g/mol. The number of rotatable bonds is 6. The van der Waals surface area contributed by atoms with E-state index in [2.05, 4.69) is 13.5 Å². The molecule has 0 aromatic carbocycles. The molecule has 0 bridgehead atoms. The Bertz CT molecular complexity index is 1480. The van der Waals surface area contributed by atoms with Gasteiger partial charge in [0.05, 0.1) is 11.1 Å². The lowest BCUT2D eigenvalue weighted by Gasteiger charge is -2.17. The van der Waals surface area contributed by atoms with E-state index in [0.29, 0.717) is 21.3 Å². The molecule has 0 aliphatic heterocycles. The first-order valence-corrected chi connectivity index (χ1v) is 12.3. The van der Waals surface area contributed by atoms with Crippen LogP contribution in [-0.2, 0) is 33.5 Å². The summed E-state index contributed by atoms with van der Waals surface area (Å²) in [6.07, 6.45) is 4.46. The molecule has 1 aliphatic rings. The Morgan fingerprint density at radius 2 is 2.00 bits per heavy atom. The minimum Gasteiger partial charge on any atom is -0.384 e. The average molecular weight is 488 g/mol. The second kappa shape index (κ2) is 8.79. The first-order chi connectivity index (χ1) is 15.6. The van der Waals surface area contributed by atoms with Gasteiger partial charge in [-0.05, 0) is 30.7 Å². The van der Waals surface area contributed by atoms with Crippen molar-refractivity contribution < 1.29 is 4.79 Å². The number of nitrogens with two attached hydrogens (primary N) is 1. The predicted molar refractivity (Wildman–Crippen MR) is 132 cm³/mol.